The summed E-state index contributed by atoms with van der Waals surface area (Å²) in [6, 6.07) is 11.5. The molecule has 0 N–H and O–H groups in total. The summed E-state index contributed by atoms with van der Waals surface area (Å²) < 4.78 is 0. The minimum Gasteiger partial charge on any atom is -0.0882 e. The highest BCUT2D eigenvalue weighted by Gasteiger charge is 1.90. The first kappa shape index (κ1) is 15.0. The van der Waals surface area contributed by atoms with E-state index in [-0.39, 0.29) is 0 Å². The first-order chi connectivity index (χ1) is 8.93. The lowest BCUT2D eigenvalue weighted by Gasteiger charge is -1.99. The van der Waals surface area contributed by atoms with Gasteiger partial charge in [0.2, 0.25) is 0 Å². The SMILES string of the molecule is CCCCCCCCCC=CCc1[c]cccc1. The van der Waals surface area contributed by atoms with Gasteiger partial charge in [-0.25, -0.2) is 0 Å². The van der Waals surface area contributed by atoms with Crippen molar-refractivity contribution in [3.63, 3.8) is 0 Å². The van der Waals surface area contributed by atoms with Gasteiger partial charge in [-0.15, -0.1) is 0 Å². The van der Waals surface area contributed by atoms with Gasteiger partial charge in [-0.2, -0.15) is 0 Å². The Hall–Kier alpha value is -1.04. The fourth-order valence-corrected chi connectivity index (χ4v) is 2.10. The molecule has 1 aromatic carbocycles. The summed E-state index contributed by atoms with van der Waals surface area (Å²) in [6.07, 6.45) is 16.6. The molecule has 0 heterocycles. The molecule has 18 heavy (non-hydrogen) atoms. The van der Waals surface area contributed by atoms with Crippen LogP contribution in [0.2, 0.25) is 0 Å². The standard InChI is InChI=1S/C18H27/c1-2-3-4-5-6-7-8-9-10-12-15-18-16-13-11-14-17-18/h10-14,16H,2-9,15H2,1H3. The second-order valence-electron chi connectivity index (χ2n) is 4.97. The Morgan fingerprint density at radius 1 is 0.944 bits per heavy atom. The Bertz CT molecular complexity index is 297. The van der Waals surface area contributed by atoms with E-state index in [9.17, 15) is 0 Å². The lowest BCUT2D eigenvalue weighted by molar-refractivity contribution is 0.592. The fourth-order valence-electron chi connectivity index (χ4n) is 2.10. The lowest BCUT2D eigenvalue weighted by atomic mass is 10.1. The van der Waals surface area contributed by atoms with Gasteiger partial charge in [0.25, 0.3) is 0 Å². The Kier molecular flexibility index (Phi) is 9.24. The Balaban J connectivity index is 1.91. The topological polar surface area (TPSA) is 0 Å². The predicted octanol–water partition coefficient (Wildman–Crippen LogP) is 5.73. The van der Waals surface area contributed by atoms with Crippen LogP contribution >= 0.6 is 0 Å². The summed E-state index contributed by atoms with van der Waals surface area (Å²) in [6.45, 7) is 2.27. The highest BCUT2D eigenvalue weighted by atomic mass is 14.0. The van der Waals surface area contributed by atoms with Gasteiger partial charge in [0.1, 0.15) is 0 Å². The number of hydrogen-bond donors (Lipinski definition) is 0. The molecule has 1 radical (unpaired) electrons. The van der Waals surface area contributed by atoms with Crippen LogP contribution in [0.4, 0.5) is 0 Å². The maximum absolute atomic E-state index is 3.25. The van der Waals surface area contributed by atoms with E-state index in [2.05, 4.69) is 37.3 Å². The number of hydrogen-bond acceptors (Lipinski definition) is 0. The van der Waals surface area contributed by atoms with Crippen molar-refractivity contribution in [2.45, 2.75) is 64.7 Å². The van der Waals surface area contributed by atoms with Crippen LogP contribution in [-0.4, -0.2) is 0 Å². The third-order valence-electron chi connectivity index (χ3n) is 3.25. The van der Waals surface area contributed by atoms with Crippen LogP contribution < -0.4 is 0 Å². The van der Waals surface area contributed by atoms with Gasteiger partial charge in [-0.05, 0) is 30.9 Å². The summed E-state index contributed by atoms with van der Waals surface area (Å²) in [7, 11) is 0. The molecule has 0 spiro atoms. The third kappa shape index (κ3) is 8.11. The summed E-state index contributed by atoms with van der Waals surface area (Å²) >= 11 is 0. The molecule has 0 saturated heterocycles. The van der Waals surface area contributed by atoms with Crippen LogP contribution in [0, 0.1) is 6.07 Å². The fraction of sp³-hybridized carbons (Fsp3) is 0.556. The summed E-state index contributed by atoms with van der Waals surface area (Å²) in [5, 5.41) is 0. The number of unbranched alkanes of at least 4 members (excludes halogenated alkanes) is 7. The zero-order chi connectivity index (χ0) is 12.9. The van der Waals surface area contributed by atoms with Crippen molar-refractivity contribution in [3.05, 3.63) is 48.0 Å². The van der Waals surface area contributed by atoms with Crippen molar-refractivity contribution < 1.29 is 0 Å². The van der Waals surface area contributed by atoms with Gasteiger partial charge in [-0.3, -0.25) is 0 Å². The van der Waals surface area contributed by atoms with Crippen LogP contribution in [-0.2, 0) is 6.42 Å². The lowest BCUT2D eigenvalue weighted by Crippen LogP contribution is -1.80. The van der Waals surface area contributed by atoms with Gasteiger partial charge in [0.15, 0.2) is 0 Å². The maximum Gasteiger partial charge on any atom is -0.00913 e. The van der Waals surface area contributed by atoms with E-state index in [0.717, 1.165) is 6.42 Å². The first-order valence-corrected chi connectivity index (χ1v) is 7.54. The molecule has 1 rings (SSSR count). The Morgan fingerprint density at radius 3 is 2.44 bits per heavy atom. The predicted molar refractivity (Wildman–Crippen MR) is 80.7 cm³/mol. The maximum atomic E-state index is 3.25. The van der Waals surface area contributed by atoms with Crippen molar-refractivity contribution >= 4 is 0 Å². The highest BCUT2D eigenvalue weighted by molar-refractivity contribution is 5.15. The molecule has 0 heteroatoms. The summed E-state index contributed by atoms with van der Waals surface area (Å²) in [5.41, 5.74) is 1.29. The minimum atomic E-state index is 1.03. The monoisotopic (exact) mass is 243 g/mol. The van der Waals surface area contributed by atoms with E-state index >= 15 is 0 Å². The number of rotatable bonds is 10. The highest BCUT2D eigenvalue weighted by Crippen LogP contribution is 2.09. The zero-order valence-corrected chi connectivity index (χ0v) is 11.8. The molecule has 0 bridgehead atoms. The normalized spacial score (nSPS) is 11.2. The van der Waals surface area contributed by atoms with E-state index < -0.39 is 0 Å². The molecule has 0 fully saturated rings. The van der Waals surface area contributed by atoms with Crippen LogP contribution in [0.25, 0.3) is 0 Å². The zero-order valence-electron chi connectivity index (χ0n) is 11.8. The van der Waals surface area contributed by atoms with Crippen molar-refractivity contribution in [1.82, 2.24) is 0 Å². The van der Waals surface area contributed by atoms with E-state index in [1.807, 2.05) is 12.1 Å². The van der Waals surface area contributed by atoms with Crippen LogP contribution in [0.15, 0.2) is 36.4 Å². The first-order valence-electron chi connectivity index (χ1n) is 7.54. The molecular weight excluding hydrogens is 216 g/mol. The van der Waals surface area contributed by atoms with Crippen LogP contribution in [0.5, 0.6) is 0 Å². The van der Waals surface area contributed by atoms with Crippen LogP contribution in [0.1, 0.15) is 63.9 Å². The molecule has 0 unspecified atom stereocenters. The molecule has 0 aliphatic rings. The van der Waals surface area contributed by atoms with E-state index in [4.69, 9.17) is 0 Å². The number of allylic oxidation sites excluding steroid dienone is 2. The third-order valence-corrected chi connectivity index (χ3v) is 3.25. The summed E-state index contributed by atoms with van der Waals surface area (Å²) in [4.78, 5) is 0. The smallest absolute Gasteiger partial charge is 0.00913 e. The molecule has 99 valence electrons. The molecule has 0 saturated carbocycles. The molecule has 0 aliphatic heterocycles. The van der Waals surface area contributed by atoms with Gasteiger partial charge in [0.05, 0.1) is 0 Å². The van der Waals surface area contributed by atoms with Gasteiger partial charge in [0, 0.05) is 0 Å². The molecule has 1 aromatic rings. The average molecular weight is 243 g/mol. The van der Waals surface area contributed by atoms with E-state index in [1.165, 1.54) is 56.9 Å². The second-order valence-corrected chi connectivity index (χ2v) is 4.97. The van der Waals surface area contributed by atoms with Crippen molar-refractivity contribution in [2.24, 2.45) is 0 Å². The molecule has 0 aromatic heterocycles. The molecular formula is C18H27. The average Bonchev–Trinajstić information content (AvgIpc) is 2.42. The Morgan fingerprint density at radius 2 is 1.72 bits per heavy atom. The molecule has 0 amide bonds. The second kappa shape index (κ2) is 11.1. The largest absolute Gasteiger partial charge is 0.0882 e. The minimum absolute atomic E-state index is 1.03. The summed E-state index contributed by atoms with van der Waals surface area (Å²) in [5.74, 6) is 0. The molecule has 0 atom stereocenters. The van der Waals surface area contributed by atoms with E-state index in [1.54, 1.807) is 0 Å². The van der Waals surface area contributed by atoms with Crippen molar-refractivity contribution in [1.29, 1.82) is 0 Å². The Labute approximate surface area is 113 Å². The van der Waals surface area contributed by atoms with Gasteiger partial charge < -0.3 is 0 Å². The quantitative estimate of drug-likeness (QED) is 0.364. The molecule has 0 nitrogen and oxygen atoms in total. The number of benzene rings is 1. The van der Waals surface area contributed by atoms with Crippen molar-refractivity contribution in [3.8, 4) is 0 Å². The van der Waals surface area contributed by atoms with Crippen LogP contribution in [0.3, 0.4) is 0 Å². The van der Waals surface area contributed by atoms with E-state index in [0.29, 0.717) is 0 Å². The van der Waals surface area contributed by atoms with Gasteiger partial charge >= 0.3 is 0 Å². The van der Waals surface area contributed by atoms with Crippen molar-refractivity contribution in [2.75, 3.05) is 0 Å². The molecule has 0 aliphatic carbocycles. The van der Waals surface area contributed by atoms with Gasteiger partial charge in [-0.1, -0.05) is 81.9 Å².